The Morgan fingerprint density at radius 3 is 2.84 bits per heavy atom. The molecule has 2 aliphatic rings. The quantitative estimate of drug-likeness (QED) is 0.643. The molecule has 0 spiro atoms. The van der Waals surface area contributed by atoms with Gasteiger partial charge in [-0.05, 0) is 37.3 Å². The highest BCUT2D eigenvalue weighted by atomic mass is 16.6. The first-order chi connectivity index (χ1) is 9.04. The van der Waals surface area contributed by atoms with Crippen LogP contribution in [-0.2, 0) is 11.2 Å². The number of benzene rings is 1. The predicted molar refractivity (Wildman–Crippen MR) is 71.2 cm³/mol. The van der Waals surface area contributed by atoms with Crippen LogP contribution in [0.1, 0.15) is 25.3 Å². The van der Waals surface area contributed by atoms with Crippen LogP contribution < -0.4 is 10.6 Å². The Morgan fingerprint density at radius 2 is 2.21 bits per heavy atom. The molecule has 1 heterocycles. The number of nitro groups is 1. The van der Waals surface area contributed by atoms with Gasteiger partial charge >= 0.3 is 0 Å². The summed E-state index contributed by atoms with van der Waals surface area (Å²) in [5, 5.41) is 17.1. The van der Waals surface area contributed by atoms with E-state index >= 15 is 0 Å². The monoisotopic (exact) mass is 261 g/mol. The van der Waals surface area contributed by atoms with Crippen molar-refractivity contribution in [2.45, 2.75) is 32.2 Å². The second kappa shape index (κ2) is 4.22. The van der Waals surface area contributed by atoms with Crippen molar-refractivity contribution in [1.82, 2.24) is 0 Å². The average Bonchev–Trinajstić information content (AvgIpc) is 3.11. The Hall–Kier alpha value is -2.11. The smallest absolute Gasteiger partial charge is 0.292 e. The molecule has 0 saturated heterocycles. The van der Waals surface area contributed by atoms with Gasteiger partial charge in [-0.25, -0.2) is 0 Å². The van der Waals surface area contributed by atoms with E-state index in [1.54, 1.807) is 6.07 Å². The van der Waals surface area contributed by atoms with E-state index in [0.29, 0.717) is 22.9 Å². The van der Waals surface area contributed by atoms with E-state index in [0.717, 1.165) is 0 Å². The molecule has 1 aromatic carbocycles. The van der Waals surface area contributed by atoms with Crippen molar-refractivity contribution in [3.63, 3.8) is 0 Å². The van der Waals surface area contributed by atoms with Crippen molar-refractivity contribution < 1.29 is 9.72 Å². The molecular weight excluding hydrogens is 246 g/mol. The second-order valence-electron chi connectivity index (χ2n) is 5.28. The normalized spacial score (nSPS) is 18.7. The molecule has 1 amide bonds. The average molecular weight is 261 g/mol. The van der Waals surface area contributed by atoms with Crippen molar-refractivity contribution in [1.29, 1.82) is 0 Å². The van der Waals surface area contributed by atoms with Crippen LogP contribution in [0.2, 0.25) is 0 Å². The van der Waals surface area contributed by atoms with Gasteiger partial charge in [-0.3, -0.25) is 14.9 Å². The van der Waals surface area contributed by atoms with Gasteiger partial charge < -0.3 is 10.6 Å². The molecule has 1 fully saturated rings. The van der Waals surface area contributed by atoms with Crippen molar-refractivity contribution >= 4 is 23.0 Å². The lowest BCUT2D eigenvalue weighted by Gasteiger charge is -2.15. The van der Waals surface area contributed by atoms with Crippen LogP contribution >= 0.6 is 0 Å². The van der Waals surface area contributed by atoms with Gasteiger partial charge in [0, 0.05) is 17.8 Å². The summed E-state index contributed by atoms with van der Waals surface area (Å²) in [5.74, 6) is 0.485. The number of fused-ring (bicyclic) bond motifs is 1. The first-order valence-corrected chi connectivity index (χ1v) is 6.42. The highest BCUT2D eigenvalue weighted by molar-refractivity contribution is 6.00. The minimum Gasteiger partial charge on any atom is -0.377 e. The summed E-state index contributed by atoms with van der Waals surface area (Å²) in [6.07, 6.45) is 2.56. The fourth-order valence-electron chi connectivity index (χ4n) is 2.49. The Morgan fingerprint density at radius 1 is 1.47 bits per heavy atom. The minimum absolute atomic E-state index is 0.0442. The molecule has 1 saturated carbocycles. The first kappa shape index (κ1) is 12.0. The molecule has 6 nitrogen and oxygen atoms in total. The third kappa shape index (κ3) is 2.25. The Labute approximate surface area is 110 Å². The van der Waals surface area contributed by atoms with E-state index in [9.17, 15) is 14.9 Å². The molecule has 2 N–H and O–H groups in total. The molecule has 6 heteroatoms. The maximum Gasteiger partial charge on any atom is 0.292 e. The van der Waals surface area contributed by atoms with E-state index < -0.39 is 4.92 Å². The van der Waals surface area contributed by atoms with Crippen molar-refractivity contribution in [3.8, 4) is 0 Å². The van der Waals surface area contributed by atoms with Crippen LogP contribution in [0.4, 0.5) is 17.1 Å². The largest absolute Gasteiger partial charge is 0.377 e. The predicted octanol–water partition coefficient (Wildman–Crippen LogP) is 2.30. The van der Waals surface area contributed by atoms with Gasteiger partial charge in [0.15, 0.2) is 0 Å². The summed E-state index contributed by atoms with van der Waals surface area (Å²) in [7, 11) is 0. The lowest BCUT2D eigenvalue weighted by atomic mass is 10.1. The summed E-state index contributed by atoms with van der Waals surface area (Å²) in [6, 6.07) is 3.39. The molecule has 1 aliphatic carbocycles. The summed E-state index contributed by atoms with van der Waals surface area (Å²) < 4.78 is 0. The van der Waals surface area contributed by atoms with Crippen molar-refractivity contribution in [2.75, 3.05) is 10.6 Å². The molecule has 100 valence electrons. The third-order valence-electron chi connectivity index (χ3n) is 3.76. The maximum atomic E-state index is 11.3. The fraction of sp³-hybridized carbons (Fsp3) is 0.462. The number of hydrogen-bond donors (Lipinski definition) is 2. The molecule has 3 rings (SSSR count). The van der Waals surface area contributed by atoms with Gasteiger partial charge in [0.2, 0.25) is 5.91 Å². The van der Waals surface area contributed by atoms with E-state index in [2.05, 4.69) is 10.6 Å². The molecule has 0 bridgehead atoms. The molecule has 1 aromatic rings. The zero-order chi connectivity index (χ0) is 13.6. The molecule has 0 aromatic heterocycles. The highest BCUT2D eigenvalue weighted by Crippen LogP contribution is 2.38. The summed E-state index contributed by atoms with van der Waals surface area (Å²) in [4.78, 5) is 22.1. The highest BCUT2D eigenvalue weighted by Gasteiger charge is 2.30. The fourth-order valence-corrected chi connectivity index (χ4v) is 2.49. The number of nitrogens with one attached hydrogen (secondary N) is 2. The van der Waals surface area contributed by atoms with Crippen LogP contribution in [0, 0.1) is 16.0 Å². The van der Waals surface area contributed by atoms with Crippen molar-refractivity contribution in [3.05, 3.63) is 27.8 Å². The van der Waals surface area contributed by atoms with Crippen molar-refractivity contribution in [2.24, 2.45) is 5.92 Å². The molecule has 0 radical (unpaired) electrons. The van der Waals surface area contributed by atoms with Crippen LogP contribution in [-0.4, -0.2) is 16.9 Å². The van der Waals surface area contributed by atoms with Crippen LogP contribution in [0.15, 0.2) is 12.1 Å². The summed E-state index contributed by atoms with van der Waals surface area (Å²) in [6.45, 7) is 2.03. The Kier molecular flexibility index (Phi) is 2.66. The first-order valence-electron chi connectivity index (χ1n) is 6.42. The zero-order valence-corrected chi connectivity index (χ0v) is 10.6. The van der Waals surface area contributed by atoms with E-state index in [-0.39, 0.29) is 24.1 Å². The number of anilines is 2. The standard InChI is InChI=1S/C13H15N3O3/c1-7(8-2-3-8)14-11-6-10-9(5-13(17)15-10)4-12(11)16(18)19/h4,6-8,14H,2-3,5H2,1H3,(H,15,17). The summed E-state index contributed by atoms with van der Waals surface area (Å²) in [5.41, 5.74) is 1.91. The number of carbonyl (C=O) groups excluding carboxylic acids is 1. The SMILES string of the molecule is CC(Nc1cc2c(cc1[N+](=O)[O-])CC(=O)N2)C1CC1. The number of amides is 1. The zero-order valence-electron chi connectivity index (χ0n) is 10.6. The molecule has 1 atom stereocenters. The van der Waals surface area contributed by atoms with Crippen LogP contribution in [0.3, 0.4) is 0 Å². The second-order valence-corrected chi connectivity index (χ2v) is 5.28. The topological polar surface area (TPSA) is 84.3 Å². The lowest BCUT2D eigenvalue weighted by molar-refractivity contribution is -0.384. The summed E-state index contributed by atoms with van der Waals surface area (Å²) >= 11 is 0. The van der Waals surface area contributed by atoms with Gasteiger partial charge in [-0.15, -0.1) is 0 Å². The van der Waals surface area contributed by atoms with E-state index in [4.69, 9.17) is 0 Å². The van der Waals surface area contributed by atoms with Gasteiger partial charge in [0.1, 0.15) is 5.69 Å². The maximum absolute atomic E-state index is 11.3. The number of hydrogen-bond acceptors (Lipinski definition) is 4. The third-order valence-corrected chi connectivity index (χ3v) is 3.76. The van der Waals surface area contributed by atoms with Crippen LogP contribution in [0.25, 0.3) is 0 Å². The Bertz CT molecular complexity index is 566. The van der Waals surface area contributed by atoms with Gasteiger partial charge in [0.05, 0.1) is 11.3 Å². The lowest BCUT2D eigenvalue weighted by Crippen LogP contribution is -2.18. The molecule has 1 unspecified atom stereocenters. The molecular formula is C13H15N3O3. The van der Waals surface area contributed by atoms with Gasteiger partial charge in [0.25, 0.3) is 5.69 Å². The van der Waals surface area contributed by atoms with Gasteiger partial charge in [-0.2, -0.15) is 0 Å². The van der Waals surface area contributed by atoms with E-state index in [1.807, 2.05) is 6.92 Å². The van der Waals surface area contributed by atoms with E-state index in [1.165, 1.54) is 18.9 Å². The minimum atomic E-state index is -0.398. The number of rotatable bonds is 4. The number of nitrogens with zero attached hydrogens (tertiary/aromatic N) is 1. The number of nitro benzene ring substituents is 1. The van der Waals surface area contributed by atoms with Gasteiger partial charge in [-0.1, -0.05) is 0 Å². The molecule has 19 heavy (non-hydrogen) atoms. The van der Waals surface area contributed by atoms with Crippen LogP contribution in [0.5, 0.6) is 0 Å². The Balaban J connectivity index is 1.94. The number of carbonyl (C=O) groups is 1. The molecule has 1 aliphatic heterocycles.